The molecule has 0 saturated carbocycles. The minimum atomic E-state index is -3.86. The molecule has 0 saturated heterocycles. The number of aromatic nitrogens is 1. The summed E-state index contributed by atoms with van der Waals surface area (Å²) in [7, 11) is -2.36. The summed E-state index contributed by atoms with van der Waals surface area (Å²) >= 11 is 0. The van der Waals surface area contributed by atoms with Crippen LogP contribution in [0.1, 0.15) is 17.5 Å². The maximum absolute atomic E-state index is 13.2. The van der Waals surface area contributed by atoms with Gasteiger partial charge in [-0.25, -0.2) is 8.42 Å². The molecular formula is C21H24N2O5S. The summed E-state index contributed by atoms with van der Waals surface area (Å²) in [6.07, 6.45) is 0.264. The molecule has 0 aliphatic heterocycles. The quantitative estimate of drug-likeness (QED) is 0.587. The van der Waals surface area contributed by atoms with Crippen LogP contribution in [0.15, 0.2) is 58.2 Å². The van der Waals surface area contributed by atoms with Crippen LogP contribution in [0.25, 0.3) is 10.9 Å². The number of sulfonamides is 1. The normalized spacial score (nSPS) is 11.9. The first-order chi connectivity index (χ1) is 13.9. The molecule has 8 heteroatoms. The third-order valence-electron chi connectivity index (χ3n) is 4.77. The number of nitrogens with one attached hydrogen (secondary N) is 1. The topological polar surface area (TPSA) is 99.7 Å². The smallest absolute Gasteiger partial charge is 0.252 e. The third kappa shape index (κ3) is 4.50. The number of hydrogen-bond donors (Lipinski definition) is 2. The zero-order valence-electron chi connectivity index (χ0n) is 16.4. The Bertz CT molecular complexity index is 1150. The largest absolute Gasteiger partial charge is 0.497 e. The second kappa shape index (κ2) is 8.77. The SMILES string of the molecule is COc1ccc(S(=O)(=O)N(CCCO)Cc2cc3cccc(C)c3[nH]c2=O)cc1. The van der Waals surface area contributed by atoms with E-state index in [0.29, 0.717) is 11.3 Å². The maximum atomic E-state index is 13.2. The first-order valence-electron chi connectivity index (χ1n) is 9.23. The Morgan fingerprint density at radius 2 is 1.86 bits per heavy atom. The first kappa shape index (κ1) is 21.0. The first-order valence-corrected chi connectivity index (χ1v) is 10.7. The second-order valence-corrected chi connectivity index (χ2v) is 8.69. The van der Waals surface area contributed by atoms with Crippen molar-refractivity contribution in [1.29, 1.82) is 0 Å². The molecule has 2 aromatic carbocycles. The molecule has 0 atom stereocenters. The van der Waals surface area contributed by atoms with E-state index < -0.39 is 10.0 Å². The fourth-order valence-electron chi connectivity index (χ4n) is 3.16. The van der Waals surface area contributed by atoms with Crippen LogP contribution in [0, 0.1) is 6.92 Å². The van der Waals surface area contributed by atoms with Gasteiger partial charge in [0.1, 0.15) is 5.75 Å². The van der Waals surface area contributed by atoms with Crippen molar-refractivity contribution in [2.45, 2.75) is 24.8 Å². The fraction of sp³-hybridized carbons (Fsp3) is 0.286. The van der Waals surface area contributed by atoms with Crippen molar-refractivity contribution in [2.24, 2.45) is 0 Å². The lowest BCUT2D eigenvalue weighted by molar-refractivity contribution is 0.267. The highest BCUT2D eigenvalue weighted by atomic mass is 32.2. The minimum absolute atomic E-state index is 0.0897. The van der Waals surface area contributed by atoms with Crippen LogP contribution in [-0.2, 0) is 16.6 Å². The predicted octanol–water partition coefficient (Wildman–Crippen LogP) is 2.42. The molecule has 0 fully saturated rings. The van der Waals surface area contributed by atoms with E-state index in [4.69, 9.17) is 4.74 Å². The Labute approximate surface area is 169 Å². The molecule has 3 aromatic rings. The van der Waals surface area contributed by atoms with Crippen molar-refractivity contribution in [3.05, 3.63) is 70.0 Å². The molecule has 2 N–H and O–H groups in total. The van der Waals surface area contributed by atoms with Crippen molar-refractivity contribution < 1.29 is 18.3 Å². The van der Waals surface area contributed by atoms with Crippen LogP contribution in [0.2, 0.25) is 0 Å². The van der Waals surface area contributed by atoms with Crippen molar-refractivity contribution >= 4 is 20.9 Å². The van der Waals surface area contributed by atoms with Crippen molar-refractivity contribution in [3.8, 4) is 5.75 Å². The van der Waals surface area contributed by atoms with Gasteiger partial charge in [-0.2, -0.15) is 4.31 Å². The van der Waals surface area contributed by atoms with E-state index >= 15 is 0 Å². The van der Waals surface area contributed by atoms with Gasteiger partial charge >= 0.3 is 0 Å². The van der Waals surface area contributed by atoms with Crippen LogP contribution in [0.3, 0.4) is 0 Å². The van der Waals surface area contributed by atoms with E-state index in [1.54, 1.807) is 18.2 Å². The van der Waals surface area contributed by atoms with Crippen molar-refractivity contribution in [3.63, 3.8) is 0 Å². The van der Waals surface area contributed by atoms with Crippen LogP contribution >= 0.6 is 0 Å². The number of para-hydroxylation sites is 1. The van der Waals surface area contributed by atoms with Crippen molar-refractivity contribution in [1.82, 2.24) is 9.29 Å². The summed E-state index contributed by atoms with van der Waals surface area (Å²) in [4.78, 5) is 15.6. The number of pyridine rings is 1. The number of methoxy groups -OCH3 is 1. The van der Waals surface area contributed by atoms with Crippen LogP contribution in [-0.4, -0.2) is 43.1 Å². The number of nitrogens with zero attached hydrogens (tertiary/aromatic N) is 1. The molecule has 0 unspecified atom stereocenters. The molecule has 1 heterocycles. The molecule has 0 radical (unpaired) electrons. The molecule has 29 heavy (non-hydrogen) atoms. The van der Waals surface area contributed by atoms with Gasteiger partial charge in [0.15, 0.2) is 0 Å². The summed E-state index contributed by atoms with van der Waals surface area (Å²) in [5, 5.41) is 10.0. The lowest BCUT2D eigenvalue weighted by atomic mass is 10.1. The molecule has 0 aliphatic rings. The highest BCUT2D eigenvalue weighted by Crippen LogP contribution is 2.22. The molecular weight excluding hydrogens is 392 g/mol. The fourth-order valence-corrected chi connectivity index (χ4v) is 4.62. The Balaban J connectivity index is 1.99. The summed E-state index contributed by atoms with van der Waals surface area (Å²) < 4.78 is 32.6. The molecule has 0 amide bonds. The molecule has 7 nitrogen and oxygen atoms in total. The Morgan fingerprint density at radius 1 is 1.14 bits per heavy atom. The zero-order valence-corrected chi connectivity index (χ0v) is 17.2. The molecule has 0 aliphatic carbocycles. The monoisotopic (exact) mass is 416 g/mol. The van der Waals surface area contributed by atoms with Crippen LogP contribution in [0.5, 0.6) is 5.75 Å². The van der Waals surface area contributed by atoms with E-state index in [9.17, 15) is 18.3 Å². The van der Waals surface area contributed by atoms with Gasteiger partial charge in [-0.3, -0.25) is 4.79 Å². The Hall–Kier alpha value is -2.68. The number of aryl methyl sites for hydroxylation is 1. The molecule has 154 valence electrons. The summed E-state index contributed by atoms with van der Waals surface area (Å²) in [5.41, 5.74) is 1.69. The Kier molecular flexibility index (Phi) is 6.36. The van der Waals surface area contributed by atoms with E-state index in [1.807, 2.05) is 25.1 Å². The average molecular weight is 416 g/mol. The summed E-state index contributed by atoms with van der Waals surface area (Å²) in [6, 6.07) is 13.5. The van der Waals surface area contributed by atoms with Gasteiger partial charge in [0.25, 0.3) is 5.56 Å². The Morgan fingerprint density at radius 3 is 2.52 bits per heavy atom. The zero-order chi connectivity index (χ0) is 21.0. The molecule has 0 spiro atoms. The standard InChI is InChI=1S/C21H24N2O5S/c1-15-5-3-6-16-13-17(21(25)22-20(15)16)14-23(11-4-12-24)29(26,27)19-9-7-18(28-2)8-10-19/h3,5-10,13,24H,4,11-12,14H2,1-2H3,(H,22,25). The highest BCUT2D eigenvalue weighted by Gasteiger charge is 2.25. The molecule has 0 bridgehead atoms. The number of ether oxygens (including phenoxy) is 1. The van der Waals surface area contributed by atoms with Crippen molar-refractivity contribution in [2.75, 3.05) is 20.3 Å². The van der Waals surface area contributed by atoms with Gasteiger partial charge in [-0.05, 0) is 54.6 Å². The lowest BCUT2D eigenvalue weighted by Crippen LogP contribution is -2.34. The van der Waals surface area contributed by atoms with Gasteiger partial charge in [-0.15, -0.1) is 0 Å². The number of rotatable bonds is 8. The highest BCUT2D eigenvalue weighted by molar-refractivity contribution is 7.89. The number of hydrogen-bond acceptors (Lipinski definition) is 5. The maximum Gasteiger partial charge on any atom is 0.252 e. The van der Waals surface area contributed by atoms with Crippen LogP contribution in [0.4, 0.5) is 0 Å². The second-order valence-electron chi connectivity index (χ2n) is 6.75. The van der Waals surface area contributed by atoms with Gasteiger partial charge in [-0.1, -0.05) is 18.2 Å². The van der Waals surface area contributed by atoms with Crippen LogP contribution < -0.4 is 10.3 Å². The predicted molar refractivity (Wildman–Crippen MR) is 112 cm³/mol. The summed E-state index contributed by atoms with van der Waals surface area (Å²) in [5.74, 6) is 0.548. The van der Waals surface area contributed by atoms with Gasteiger partial charge in [0.2, 0.25) is 10.0 Å². The molecule has 1 aromatic heterocycles. The number of aliphatic hydroxyl groups excluding tert-OH is 1. The van der Waals surface area contributed by atoms with E-state index in [2.05, 4.69) is 4.98 Å². The molecule has 3 rings (SSSR count). The third-order valence-corrected chi connectivity index (χ3v) is 6.63. The van der Waals surface area contributed by atoms with Gasteiger partial charge < -0.3 is 14.8 Å². The number of benzene rings is 2. The van der Waals surface area contributed by atoms with E-state index in [-0.39, 0.29) is 36.6 Å². The van der Waals surface area contributed by atoms with E-state index in [1.165, 1.54) is 23.5 Å². The summed E-state index contributed by atoms with van der Waals surface area (Å²) in [6.45, 7) is 1.76. The van der Waals surface area contributed by atoms with E-state index in [0.717, 1.165) is 16.5 Å². The minimum Gasteiger partial charge on any atom is -0.497 e. The van der Waals surface area contributed by atoms with Gasteiger partial charge in [0, 0.05) is 25.3 Å². The lowest BCUT2D eigenvalue weighted by Gasteiger charge is -2.22. The number of aromatic amines is 1. The average Bonchev–Trinajstić information content (AvgIpc) is 2.72. The number of aliphatic hydroxyl groups is 1. The number of H-pyrrole nitrogens is 1. The number of fused-ring (bicyclic) bond motifs is 1. The van der Waals surface area contributed by atoms with Gasteiger partial charge in [0.05, 0.1) is 17.5 Å².